The Morgan fingerprint density at radius 2 is 2.06 bits per heavy atom. The minimum absolute atomic E-state index is 0.0405. The fourth-order valence-electron chi connectivity index (χ4n) is 2.47. The van der Waals surface area contributed by atoms with Gasteiger partial charge in [-0.3, -0.25) is 0 Å². The van der Waals surface area contributed by atoms with Crippen molar-refractivity contribution in [2.75, 3.05) is 31.6 Å². The summed E-state index contributed by atoms with van der Waals surface area (Å²) in [6, 6.07) is 0. The first-order chi connectivity index (χ1) is 7.74. The summed E-state index contributed by atoms with van der Waals surface area (Å²) in [5, 5.41) is 9.90. The second-order valence-corrected chi connectivity index (χ2v) is 6.32. The number of hydrogen-bond acceptors (Lipinski definition) is 3. The molecule has 1 saturated carbocycles. The molecule has 0 aromatic carbocycles. The minimum Gasteiger partial charge on any atom is -0.393 e. The van der Waals surface area contributed by atoms with Gasteiger partial charge in [-0.2, -0.15) is 11.8 Å². The highest BCUT2D eigenvalue weighted by atomic mass is 32.2. The van der Waals surface area contributed by atoms with E-state index in [1.54, 1.807) is 0 Å². The molecule has 0 bridgehead atoms. The summed E-state index contributed by atoms with van der Waals surface area (Å²) in [6.07, 6.45) is 5.99. The summed E-state index contributed by atoms with van der Waals surface area (Å²) < 4.78 is 0. The Morgan fingerprint density at radius 3 is 2.75 bits per heavy atom. The number of rotatable bonds is 7. The van der Waals surface area contributed by atoms with E-state index in [1.165, 1.54) is 43.7 Å². The molecule has 16 heavy (non-hydrogen) atoms. The molecule has 2 nitrogen and oxygen atoms in total. The molecule has 2 atom stereocenters. The molecule has 0 heterocycles. The van der Waals surface area contributed by atoms with Crippen molar-refractivity contribution >= 4 is 11.8 Å². The van der Waals surface area contributed by atoms with Crippen LogP contribution in [-0.4, -0.2) is 47.8 Å². The van der Waals surface area contributed by atoms with E-state index in [-0.39, 0.29) is 6.10 Å². The average Bonchev–Trinajstić information content (AvgIpc) is 2.28. The molecule has 0 aliphatic heterocycles. The molecule has 0 radical (unpaired) electrons. The number of hydrogen-bond donors (Lipinski definition) is 1. The molecule has 0 aromatic rings. The third kappa shape index (κ3) is 5.55. The van der Waals surface area contributed by atoms with Crippen LogP contribution >= 0.6 is 11.8 Å². The molecule has 96 valence electrons. The van der Waals surface area contributed by atoms with Crippen LogP contribution in [0.4, 0.5) is 0 Å². The van der Waals surface area contributed by atoms with Crippen LogP contribution in [0.5, 0.6) is 0 Å². The van der Waals surface area contributed by atoms with E-state index >= 15 is 0 Å². The second kappa shape index (κ2) is 8.37. The first-order valence-electron chi connectivity index (χ1n) is 6.68. The van der Waals surface area contributed by atoms with Gasteiger partial charge in [0.2, 0.25) is 0 Å². The summed E-state index contributed by atoms with van der Waals surface area (Å²) >= 11 is 2.02. The van der Waals surface area contributed by atoms with Gasteiger partial charge in [0.05, 0.1) is 6.10 Å². The number of aliphatic hydroxyl groups is 1. The van der Waals surface area contributed by atoms with Gasteiger partial charge in [-0.25, -0.2) is 0 Å². The topological polar surface area (TPSA) is 23.5 Å². The third-order valence-electron chi connectivity index (χ3n) is 3.45. The van der Waals surface area contributed by atoms with Gasteiger partial charge in [-0.05, 0) is 50.3 Å². The molecule has 1 rings (SSSR count). The lowest BCUT2D eigenvalue weighted by Gasteiger charge is -2.31. The lowest BCUT2D eigenvalue weighted by atomic mass is 9.86. The van der Waals surface area contributed by atoms with Crippen molar-refractivity contribution in [3.8, 4) is 0 Å². The summed E-state index contributed by atoms with van der Waals surface area (Å²) in [5.41, 5.74) is 0. The zero-order valence-corrected chi connectivity index (χ0v) is 11.6. The quantitative estimate of drug-likeness (QED) is 0.698. The van der Waals surface area contributed by atoms with Crippen LogP contribution in [0.25, 0.3) is 0 Å². The zero-order valence-electron chi connectivity index (χ0n) is 10.8. The maximum absolute atomic E-state index is 9.90. The van der Waals surface area contributed by atoms with Crippen LogP contribution in [0, 0.1) is 5.92 Å². The zero-order chi connectivity index (χ0) is 11.8. The van der Waals surface area contributed by atoms with Crippen molar-refractivity contribution < 1.29 is 5.11 Å². The molecule has 1 aliphatic carbocycles. The Balaban J connectivity index is 2.09. The summed E-state index contributed by atoms with van der Waals surface area (Å²) in [5.74, 6) is 3.02. The predicted octanol–water partition coefficient (Wildman–Crippen LogP) is 2.61. The fourth-order valence-corrected chi connectivity index (χ4v) is 3.10. The molecular formula is C13H27NOS. The Hall–Kier alpha value is 0.270. The van der Waals surface area contributed by atoms with Gasteiger partial charge in [0.25, 0.3) is 0 Å². The second-order valence-electron chi connectivity index (χ2n) is 4.92. The first-order valence-corrected chi connectivity index (χ1v) is 7.84. The molecule has 0 spiro atoms. The SMILES string of the molecule is CCSCCCN(C)CC1CCCCC1O. The summed E-state index contributed by atoms with van der Waals surface area (Å²) in [6.45, 7) is 4.47. The van der Waals surface area contributed by atoms with Crippen molar-refractivity contribution in [3.63, 3.8) is 0 Å². The van der Waals surface area contributed by atoms with Gasteiger partial charge >= 0.3 is 0 Å². The minimum atomic E-state index is -0.0405. The van der Waals surface area contributed by atoms with Gasteiger partial charge in [0.1, 0.15) is 0 Å². The van der Waals surface area contributed by atoms with Gasteiger partial charge in [-0.1, -0.05) is 19.8 Å². The Labute approximate surface area is 105 Å². The van der Waals surface area contributed by atoms with Crippen LogP contribution in [-0.2, 0) is 0 Å². The normalized spacial score (nSPS) is 26.2. The van der Waals surface area contributed by atoms with E-state index in [0.717, 1.165) is 13.0 Å². The van der Waals surface area contributed by atoms with E-state index in [4.69, 9.17) is 0 Å². The lowest BCUT2D eigenvalue weighted by molar-refractivity contribution is 0.0515. The van der Waals surface area contributed by atoms with E-state index < -0.39 is 0 Å². The summed E-state index contributed by atoms with van der Waals surface area (Å²) in [4.78, 5) is 2.40. The van der Waals surface area contributed by atoms with Gasteiger partial charge in [-0.15, -0.1) is 0 Å². The first kappa shape index (κ1) is 14.3. The number of nitrogens with zero attached hydrogens (tertiary/aromatic N) is 1. The van der Waals surface area contributed by atoms with Crippen molar-refractivity contribution in [2.24, 2.45) is 5.92 Å². The number of thioether (sulfide) groups is 1. The van der Waals surface area contributed by atoms with Crippen LogP contribution < -0.4 is 0 Å². The van der Waals surface area contributed by atoms with Crippen molar-refractivity contribution in [1.29, 1.82) is 0 Å². The van der Waals surface area contributed by atoms with E-state index in [9.17, 15) is 5.11 Å². The highest BCUT2D eigenvalue weighted by Crippen LogP contribution is 2.24. The Morgan fingerprint density at radius 1 is 1.31 bits per heavy atom. The van der Waals surface area contributed by atoms with Crippen LogP contribution in [0.15, 0.2) is 0 Å². The third-order valence-corrected chi connectivity index (χ3v) is 4.43. The highest BCUT2D eigenvalue weighted by molar-refractivity contribution is 7.99. The Bertz CT molecular complexity index is 177. The molecule has 1 aliphatic rings. The maximum Gasteiger partial charge on any atom is 0.0580 e. The van der Waals surface area contributed by atoms with Crippen LogP contribution in [0.1, 0.15) is 39.0 Å². The fraction of sp³-hybridized carbons (Fsp3) is 1.00. The highest BCUT2D eigenvalue weighted by Gasteiger charge is 2.23. The molecule has 3 heteroatoms. The monoisotopic (exact) mass is 245 g/mol. The van der Waals surface area contributed by atoms with E-state index in [0.29, 0.717) is 5.92 Å². The smallest absolute Gasteiger partial charge is 0.0580 e. The maximum atomic E-state index is 9.90. The average molecular weight is 245 g/mol. The van der Waals surface area contributed by atoms with Crippen molar-refractivity contribution in [1.82, 2.24) is 4.90 Å². The molecule has 1 N–H and O–H groups in total. The standard InChI is InChI=1S/C13H27NOS/c1-3-16-10-6-9-14(2)11-12-7-4-5-8-13(12)15/h12-13,15H,3-11H2,1-2H3. The lowest BCUT2D eigenvalue weighted by Crippen LogP contribution is -2.35. The van der Waals surface area contributed by atoms with Crippen molar-refractivity contribution in [2.45, 2.75) is 45.1 Å². The summed E-state index contributed by atoms with van der Waals surface area (Å²) in [7, 11) is 2.19. The largest absolute Gasteiger partial charge is 0.393 e. The van der Waals surface area contributed by atoms with Gasteiger partial charge < -0.3 is 10.0 Å². The molecule has 1 fully saturated rings. The Kier molecular flexibility index (Phi) is 7.50. The molecular weight excluding hydrogens is 218 g/mol. The van der Waals surface area contributed by atoms with Crippen LogP contribution in [0.3, 0.4) is 0 Å². The number of aliphatic hydroxyl groups excluding tert-OH is 1. The predicted molar refractivity (Wildman–Crippen MR) is 73.1 cm³/mol. The van der Waals surface area contributed by atoms with Crippen LogP contribution in [0.2, 0.25) is 0 Å². The van der Waals surface area contributed by atoms with E-state index in [1.807, 2.05) is 11.8 Å². The molecule has 0 saturated heterocycles. The molecule has 2 unspecified atom stereocenters. The molecule has 0 aromatic heterocycles. The van der Waals surface area contributed by atoms with Crippen molar-refractivity contribution in [3.05, 3.63) is 0 Å². The molecule has 0 amide bonds. The van der Waals surface area contributed by atoms with Gasteiger partial charge in [0, 0.05) is 6.54 Å². The van der Waals surface area contributed by atoms with E-state index in [2.05, 4.69) is 18.9 Å². The van der Waals surface area contributed by atoms with Gasteiger partial charge in [0.15, 0.2) is 0 Å².